The van der Waals surface area contributed by atoms with Gasteiger partial charge in [0, 0.05) is 28.7 Å². The zero-order valence-corrected chi connectivity index (χ0v) is 17.6. The van der Waals surface area contributed by atoms with Gasteiger partial charge in [0.05, 0.1) is 23.8 Å². The second kappa shape index (κ2) is 8.14. The average Bonchev–Trinajstić information content (AvgIpc) is 3.03. The number of halogens is 1. The van der Waals surface area contributed by atoms with E-state index in [0.717, 1.165) is 29.9 Å². The summed E-state index contributed by atoms with van der Waals surface area (Å²) in [6.45, 7) is 1.39. The highest BCUT2D eigenvalue weighted by atomic mass is 35.5. The number of aliphatic hydroxyl groups is 2. The van der Waals surface area contributed by atoms with Gasteiger partial charge < -0.3 is 15.1 Å². The first-order valence-corrected chi connectivity index (χ1v) is 11.1. The zero-order chi connectivity index (χ0) is 19.8. The summed E-state index contributed by atoms with van der Waals surface area (Å²) in [6, 6.07) is 7.10. The molecule has 0 saturated carbocycles. The van der Waals surface area contributed by atoms with Crippen LogP contribution in [0.15, 0.2) is 34.2 Å². The van der Waals surface area contributed by atoms with Crippen molar-refractivity contribution in [1.82, 2.24) is 14.5 Å². The van der Waals surface area contributed by atoms with Crippen LogP contribution in [0.5, 0.6) is 0 Å². The predicted octanol–water partition coefficient (Wildman–Crippen LogP) is 2.53. The van der Waals surface area contributed by atoms with Crippen molar-refractivity contribution < 1.29 is 10.2 Å². The van der Waals surface area contributed by atoms with Gasteiger partial charge in [-0.3, -0.25) is 9.36 Å². The first-order chi connectivity index (χ1) is 13.5. The molecule has 148 valence electrons. The number of thioether (sulfide) groups is 1. The molecule has 0 spiro atoms. The second-order valence-corrected chi connectivity index (χ2v) is 9.34. The summed E-state index contributed by atoms with van der Waals surface area (Å²) < 4.78 is 1.56. The number of nitrogens with zero attached hydrogens (tertiary/aromatic N) is 3. The molecule has 0 fully saturated rings. The van der Waals surface area contributed by atoms with Crippen LogP contribution < -0.4 is 5.56 Å². The van der Waals surface area contributed by atoms with Crippen LogP contribution in [0.4, 0.5) is 0 Å². The Kier molecular flexibility index (Phi) is 5.78. The molecular weight excluding hydrogens is 418 g/mol. The molecule has 6 nitrogen and oxygen atoms in total. The first-order valence-electron chi connectivity index (χ1n) is 8.91. The molecule has 1 aliphatic rings. The van der Waals surface area contributed by atoms with Crippen LogP contribution in [0.2, 0.25) is 5.02 Å². The topological polar surface area (TPSA) is 78.6 Å². The third kappa shape index (κ3) is 3.72. The second-order valence-electron chi connectivity index (χ2n) is 6.83. The molecule has 1 aromatic carbocycles. The Bertz CT molecular complexity index is 1080. The maximum atomic E-state index is 13.5. The Hall–Kier alpha value is -1.42. The van der Waals surface area contributed by atoms with Gasteiger partial charge in [-0.05, 0) is 37.2 Å². The maximum absolute atomic E-state index is 13.5. The van der Waals surface area contributed by atoms with Gasteiger partial charge in [0.25, 0.3) is 5.56 Å². The Morgan fingerprint density at radius 1 is 1.43 bits per heavy atom. The lowest BCUT2D eigenvalue weighted by atomic mass is 10.1. The van der Waals surface area contributed by atoms with Gasteiger partial charge in [0.2, 0.25) is 0 Å². The Balaban J connectivity index is 1.92. The predicted molar refractivity (Wildman–Crippen MR) is 114 cm³/mol. The van der Waals surface area contributed by atoms with Gasteiger partial charge >= 0.3 is 0 Å². The molecule has 1 aliphatic heterocycles. The van der Waals surface area contributed by atoms with Crippen molar-refractivity contribution in [3.05, 3.63) is 50.1 Å². The third-order valence-corrected chi connectivity index (χ3v) is 7.15. The average molecular weight is 438 g/mol. The molecule has 0 amide bonds. The number of likely N-dealkylation sites (N-methyl/N-ethyl adjacent to an activating group) is 1. The molecule has 2 N–H and O–H groups in total. The van der Waals surface area contributed by atoms with Crippen molar-refractivity contribution in [2.45, 2.75) is 24.2 Å². The molecule has 0 radical (unpaired) electrons. The lowest BCUT2D eigenvalue weighted by molar-refractivity contribution is 0.113. The molecule has 0 bridgehead atoms. The number of thiophene rings is 1. The van der Waals surface area contributed by atoms with E-state index in [9.17, 15) is 9.90 Å². The van der Waals surface area contributed by atoms with Gasteiger partial charge in [0.15, 0.2) is 5.16 Å². The molecule has 28 heavy (non-hydrogen) atoms. The molecule has 9 heteroatoms. The minimum absolute atomic E-state index is 0.115. The van der Waals surface area contributed by atoms with E-state index in [2.05, 4.69) is 11.9 Å². The van der Waals surface area contributed by atoms with Crippen molar-refractivity contribution in [3.63, 3.8) is 0 Å². The van der Waals surface area contributed by atoms with Crippen LogP contribution in [-0.4, -0.2) is 56.7 Å². The lowest BCUT2D eigenvalue weighted by Crippen LogP contribution is -2.27. The monoisotopic (exact) mass is 437 g/mol. The molecule has 3 heterocycles. The molecule has 2 aromatic heterocycles. The highest BCUT2D eigenvalue weighted by Crippen LogP contribution is 2.34. The molecule has 0 aliphatic carbocycles. The zero-order valence-electron chi connectivity index (χ0n) is 15.3. The Morgan fingerprint density at radius 2 is 2.25 bits per heavy atom. The number of fused-ring (bicyclic) bond motifs is 3. The molecular formula is C19H20ClN3O3S2. The smallest absolute Gasteiger partial charge is 0.267 e. The minimum atomic E-state index is -0.879. The van der Waals surface area contributed by atoms with Crippen LogP contribution >= 0.6 is 34.7 Å². The van der Waals surface area contributed by atoms with E-state index in [1.807, 2.05) is 6.07 Å². The van der Waals surface area contributed by atoms with Crippen molar-refractivity contribution in [3.8, 4) is 5.69 Å². The van der Waals surface area contributed by atoms with Crippen molar-refractivity contribution >= 4 is 44.9 Å². The third-order valence-electron chi connectivity index (χ3n) is 4.72. The van der Waals surface area contributed by atoms with E-state index in [4.69, 9.17) is 21.7 Å². The number of hydrogen-bond donors (Lipinski definition) is 2. The van der Waals surface area contributed by atoms with E-state index in [0.29, 0.717) is 21.3 Å². The summed E-state index contributed by atoms with van der Waals surface area (Å²) in [5.74, 6) is 0.239. The number of benzene rings is 1. The summed E-state index contributed by atoms with van der Waals surface area (Å²) in [5, 5.41) is 20.6. The van der Waals surface area contributed by atoms with Gasteiger partial charge in [-0.1, -0.05) is 29.4 Å². The normalized spacial score (nSPS) is 15.7. The van der Waals surface area contributed by atoms with Crippen molar-refractivity contribution in [2.75, 3.05) is 26.0 Å². The van der Waals surface area contributed by atoms with E-state index < -0.39 is 6.10 Å². The lowest BCUT2D eigenvalue weighted by Gasteiger charge is -2.21. The number of aliphatic hydroxyl groups excluding tert-OH is 2. The van der Waals surface area contributed by atoms with Crippen LogP contribution in [0, 0.1) is 0 Å². The summed E-state index contributed by atoms with van der Waals surface area (Å²) in [4.78, 5) is 22.5. The van der Waals surface area contributed by atoms with E-state index >= 15 is 0 Å². The van der Waals surface area contributed by atoms with Crippen molar-refractivity contribution in [1.29, 1.82) is 0 Å². The van der Waals surface area contributed by atoms with E-state index in [1.165, 1.54) is 16.6 Å². The minimum Gasteiger partial charge on any atom is -0.394 e. The van der Waals surface area contributed by atoms with Gasteiger partial charge in [0.1, 0.15) is 4.83 Å². The molecule has 3 aromatic rings. The van der Waals surface area contributed by atoms with E-state index in [1.54, 1.807) is 34.1 Å². The number of aromatic nitrogens is 2. The summed E-state index contributed by atoms with van der Waals surface area (Å²) in [5.41, 5.74) is 1.62. The fraction of sp³-hybridized carbons (Fsp3) is 0.368. The summed E-state index contributed by atoms with van der Waals surface area (Å²) in [7, 11) is 2.07. The quantitative estimate of drug-likeness (QED) is 0.471. The maximum Gasteiger partial charge on any atom is 0.267 e. The fourth-order valence-electron chi connectivity index (χ4n) is 3.31. The molecule has 1 unspecified atom stereocenters. The highest BCUT2D eigenvalue weighted by Gasteiger charge is 2.24. The van der Waals surface area contributed by atoms with E-state index in [-0.39, 0.29) is 17.9 Å². The molecule has 1 atom stereocenters. The standard InChI is InChI=1S/C19H20ClN3O3S2/c1-22-6-5-14-15(8-22)28-17-16(14)18(26)23(12-4-2-3-11(20)7-12)19(21-17)27-10-13(25)9-24/h2-4,7,13,24-25H,5-6,8-10H2,1H3. The first kappa shape index (κ1) is 19.9. The highest BCUT2D eigenvalue weighted by molar-refractivity contribution is 7.99. The number of rotatable bonds is 5. The van der Waals surface area contributed by atoms with Crippen LogP contribution in [0.25, 0.3) is 15.9 Å². The Morgan fingerprint density at radius 3 is 3.00 bits per heavy atom. The largest absolute Gasteiger partial charge is 0.394 e. The van der Waals surface area contributed by atoms with Gasteiger partial charge in [-0.25, -0.2) is 4.98 Å². The van der Waals surface area contributed by atoms with Gasteiger partial charge in [-0.2, -0.15) is 0 Å². The SMILES string of the molecule is CN1CCc2c(sc3nc(SCC(O)CO)n(-c4cccc(Cl)c4)c(=O)c23)C1. The fourth-order valence-corrected chi connectivity index (χ4v) is 5.77. The van der Waals surface area contributed by atoms with Crippen LogP contribution in [0.1, 0.15) is 10.4 Å². The Labute approximate surface area is 175 Å². The number of hydrogen-bond acceptors (Lipinski definition) is 7. The summed E-state index contributed by atoms with van der Waals surface area (Å²) >= 11 is 8.97. The van der Waals surface area contributed by atoms with Crippen LogP contribution in [-0.2, 0) is 13.0 Å². The van der Waals surface area contributed by atoms with Crippen molar-refractivity contribution in [2.24, 2.45) is 0 Å². The van der Waals surface area contributed by atoms with Gasteiger partial charge in [-0.15, -0.1) is 11.3 Å². The molecule has 4 rings (SSSR count). The summed E-state index contributed by atoms with van der Waals surface area (Å²) in [6.07, 6.45) is -0.0517. The molecule has 0 saturated heterocycles. The van der Waals surface area contributed by atoms with Crippen LogP contribution in [0.3, 0.4) is 0 Å².